The van der Waals surface area contributed by atoms with Crippen LogP contribution in [0.25, 0.3) is 0 Å². The van der Waals surface area contributed by atoms with Crippen LogP contribution in [0.5, 0.6) is 0 Å². The fourth-order valence-electron chi connectivity index (χ4n) is 1.18. The third-order valence-corrected chi connectivity index (χ3v) is 2.06. The van der Waals surface area contributed by atoms with Crippen LogP contribution < -0.4 is 0 Å². The van der Waals surface area contributed by atoms with Gasteiger partial charge in [0.05, 0.1) is 12.2 Å². The number of ether oxygens (including phenoxy) is 2. The summed E-state index contributed by atoms with van der Waals surface area (Å²) in [5, 5.41) is 0. The summed E-state index contributed by atoms with van der Waals surface area (Å²) in [6.45, 7) is 1.02. The minimum absolute atomic E-state index is 0.361. The van der Waals surface area contributed by atoms with Crippen LogP contribution in [0.3, 0.4) is 0 Å². The van der Waals surface area contributed by atoms with Gasteiger partial charge in [-0.05, 0) is 37.1 Å². The molecular formula is C12H15FO3. The number of carbonyl (C=O) groups is 1. The number of hydrogen-bond donors (Lipinski definition) is 0. The van der Waals surface area contributed by atoms with E-state index in [0.29, 0.717) is 18.8 Å². The molecule has 3 nitrogen and oxygen atoms in total. The number of methoxy groups -OCH3 is 1. The van der Waals surface area contributed by atoms with E-state index in [1.54, 1.807) is 7.11 Å². The van der Waals surface area contributed by atoms with E-state index in [1.807, 2.05) is 0 Å². The second-order valence-electron chi connectivity index (χ2n) is 3.34. The van der Waals surface area contributed by atoms with Gasteiger partial charge in [0.1, 0.15) is 5.82 Å². The summed E-state index contributed by atoms with van der Waals surface area (Å²) >= 11 is 0. The molecule has 0 unspecified atom stereocenters. The van der Waals surface area contributed by atoms with Gasteiger partial charge in [0.25, 0.3) is 0 Å². The summed E-state index contributed by atoms with van der Waals surface area (Å²) in [5.41, 5.74) is 0.369. The van der Waals surface area contributed by atoms with Crippen molar-refractivity contribution in [2.75, 3.05) is 20.3 Å². The molecule has 4 heteroatoms. The smallest absolute Gasteiger partial charge is 0.338 e. The van der Waals surface area contributed by atoms with Crippen molar-refractivity contribution in [1.82, 2.24) is 0 Å². The predicted molar refractivity (Wildman–Crippen MR) is 57.8 cm³/mol. The SMILES string of the molecule is COCCCCOC(=O)c1ccc(F)cc1. The first-order valence-electron chi connectivity index (χ1n) is 5.15. The van der Waals surface area contributed by atoms with Crippen LogP contribution in [0, 0.1) is 5.82 Å². The maximum Gasteiger partial charge on any atom is 0.338 e. The predicted octanol–water partition coefficient (Wildman–Crippen LogP) is 2.41. The molecule has 1 aromatic rings. The van der Waals surface area contributed by atoms with E-state index in [1.165, 1.54) is 24.3 Å². The van der Waals surface area contributed by atoms with Gasteiger partial charge in [0.2, 0.25) is 0 Å². The molecule has 0 aromatic heterocycles. The molecule has 0 saturated carbocycles. The van der Waals surface area contributed by atoms with Crippen LogP contribution in [-0.2, 0) is 9.47 Å². The van der Waals surface area contributed by atoms with E-state index >= 15 is 0 Å². The Bertz CT molecular complexity index is 322. The molecule has 88 valence electrons. The second-order valence-corrected chi connectivity index (χ2v) is 3.34. The van der Waals surface area contributed by atoms with Crippen molar-refractivity contribution >= 4 is 5.97 Å². The van der Waals surface area contributed by atoms with E-state index in [-0.39, 0.29) is 5.82 Å². The standard InChI is InChI=1S/C12H15FO3/c1-15-8-2-3-9-16-12(14)10-4-6-11(13)7-5-10/h4-7H,2-3,8-9H2,1H3. The molecule has 0 fully saturated rings. The molecule has 1 aromatic carbocycles. The third kappa shape index (κ3) is 4.40. The van der Waals surface area contributed by atoms with Crippen LogP contribution in [0.1, 0.15) is 23.2 Å². The first-order valence-corrected chi connectivity index (χ1v) is 5.15. The van der Waals surface area contributed by atoms with E-state index in [2.05, 4.69) is 0 Å². The number of rotatable bonds is 6. The Morgan fingerprint density at radius 1 is 1.19 bits per heavy atom. The molecule has 1 rings (SSSR count). The molecule has 0 atom stereocenters. The van der Waals surface area contributed by atoms with Crippen LogP contribution in [0.4, 0.5) is 4.39 Å². The van der Waals surface area contributed by atoms with Crippen molar-refractivity contribution in [3.63, 3.8) is 0 Å². The van der Waals surface area contributed by atoms with Gasteiger partial charge in [-0.15, -0.1) is 0 Å². The highest BCUT2D eigenvalue weighted by atomic mass is 19.1. The monoisotopic (exact) mass is 226 g/mol. The minimum Gasteiger partial charge on any atom is -0.462 e. The molecule has 0 saturated heterocycles. The second kappa shape index (κ2) is 6.95. The summed E-state index contributed by atoms with van der Waals surface area (Å²) in [5.74, 6) is -0.783. The van der Waals surface area contributed by atoms with Gasteiger partial charge in [-0.2, -0.15) is 0 Å². The summed E-state index contributed by atoms with van der Waals surface area (Å²) in [6.07, 6.45) is 1.62. The molecule has 0 heterocycles. The third-order valence-electron chi connectivity index (χ3n) is 2.06. The molecule has 0 radical (unpaired) electrons. The van der Waals surface area contributed by atoms with E-state index in [9.17, 15) is 9.18 Å². The van der Waals surface area contributed by atoms with E-state index < -0.39 is 5.97 Å². The van der Waals surface area contributed by atoms with Gasteiger partial charge in [0, 0.05) is 13.7 Å². The van der Waals surface area contributed by atoms with E-state index in [4.69, 9.17) is 9.47 Å². The van der Waals surface area contributed by atoms with Crippen molar-refractivity contribution in [3.05, 3.63) is 35.6 Å². The maximum absolute atomic E-state index is 12.6. The lowest BCUT2D eigenvalue weighted by Gasteiger charge is -2.04. The zero-order chi connectivity index (χ0) is 11.8. The zero-order valence-corrected chi connectivity index (χ0v) is 9.24. The lowest BCUT2D eigenvalue weighted by molar-refractivity contribution is 0.0489. The van der Waals surface area contributed by atoms with Crippen LogP contribution in [0.15, 0.2) is 24.3 Å². The Kier molecular flexibility index (Phi) is 5.50. The largest absolute Gasteiger partial charge is 0.462 e. The number of benzene rings is 1. The Balaban J connectivity index is 2.27. The van der Waals surface area contributed by atoms with Crippen molar-refractivity contribution in [2.24, 2.45) is 0 Å². The van der Waals surface area contributed by atoms with Gasteiger partial charge in [-0.1, -0.05) is 0 Å². The molecule has 0 N–H and O–H groups in total. The summed E-state index contributed by atoms with van der Waals surface area (Å²) in [7, 11) is 1.63. The lowest BCUT2D eigenvalue weighted by Crippen LogP contribution is -2.07. The minimum atomic E-state index is -0.419. The van der Waals surface area contributed by atoms with Crippen molar-refractivity contribution < 1.29 is 18.7 Å². The Morgan fingerprint density at radius 3 is 2.44 bits per heavy atom. The number of carbonyl (C=O) groups excluding carboxylic acids is 1. The highest BCUT2D eigenvalue weighted by Gasteiger charge is 2.06. The quantitative estimate of drug-likeness (QED) is 0.552. The fourth-order valence-corrected chi connectivity index (χ4v) is 1.18. The average Bonchev–Trinajstić information content (AvgIpc) is 2.29. The van der Waals surface area contributed by atoms with Gasteiger partial charge in [-0.25, -0.2) is 9.18 Å². The molecule has 0 aliphatic heterocycles. The average molecular weight is 226 g/mol. The molecule has 0 amide bonds. The molecular weight excluding hydrogens is 211 g/mol. The Morgan fingerprint density at radius 2 is 1.81 bits per heavy atom. The van der Waals surface area contributed by atoms with E-state index in [0.717, 1.165) is 12.8 Å². The molecule has 0 spiro atoms. The Labute approximate surface area is 94.2 Å². The fraction of sp³-hybridized carbons (Fsp3) is 0.417. The number of esters is 1. The van der Waals surface area contributed by atoms with Gasteiger partial charge < -0.3 is 9.47 Å². The van der Waals surface area contributed by atoms with Crippen LogP contribution >= 0.6 is 0 Å². The summed E-state index contributed by atoms with van der Waals surface area (Å²) in [6, 6.07) is 5.29. The number of hydrogen-bond acceptors (Lipinski definition) is 3. The number of halogens is 1. The van der Waals surface area contributed by atoms with Crippen molar-refractivity contribution in [2.45, 2.75) is 12.8 Å². The first kappa shape index (κ1) is 12.6. The highest BCUT2D eigenvalue weighted by Crippen LogP contribution is 2.05. The maximum atomic E-state index is 12.6. The summed E-state index contributed by atoms with van der Waals surface area (Å²) < 4.78 is 22.4. The van der Waals surface area contributed by atoms with Crippen molar-refractivity contribution in [3.8, 4) is 0 Å². The summed E-state index contributed by atoms with van der Waals surface area (Å²) in [4.78, 5) is 11.4. The van der Waals surface area contributed by atoms with Crippen LogP contribution in [-0.4, -0.2) is 26.3 Å². The first-order chi connectivity index (χ1) is 7.74. The van der Waals surface area contributed by atoms with Gasteiger partial charge in [-0.3, -0.25) is 0 Å². The normalized spacial score (nSPS) is 10.1. The number of unbranched alkanes of at least 4 members (excludes halogenated alkanes) is 1. The van der Waals surface area contributed by atoms with Gasteiger partial charge >= 0.3 is 5.97 Å². The van der Waals surface area contributed by atoms with Gasteiger partial charge in [0.15, 0.2) is 0 Å². The zero-order valence-electron chi connectivity index (χ0n) is 9.24. The topological polar surface area (TPSA) is 35.5 Å². The molecule has 0 bridgehead atoms. The van der Waals surface area contributed by atoms with Crippen LogP contribution in [0.2, 0.25) is 0 Å². The van der Waals surface area contributed by atoms with Crippen molar-refractivity contribution in [1.29, 1.82) is 0 Å². The molecule has 0 aliphatic carbocycles. The Hall–Kier alpha value is -1.42. The lowest BCUT2D eigenvalue weighted by atomic mass is 10.2. The molecule has 0 aliphatic rings. The highest BCUT2D eigenvalue weighted by molar-refractivity contribution is 5.89. The molecule has 16 heavy (non-hydrogen) atoms.